The van der Waals surface area contributed by atoms with Gasteiger partial charge in [-0.15, -0.1) is 0 Å². The normalized spacial score (nSPS) is 10.8. The van der Waals surface area contributed by atoms with E-state index in [1.54, 1.807) is 0 Å². The van der Waals surface area contributed by atoms with Gasteiger partial charge in [0.05, 0.1) is 0 Å². The molecule has 0 rings (SSSR count). The molecule has 74 valence electrons. The first-order valence-corrected chi connectivity index (χ1v) is 4.65. The Morgan fingerprint density at radius 2 is 2.08 bits per heavy atom. The van der Waals surface area contributed by atoms with E-state index in [1.807, 2.05) is 6.92 Å². The number of thiocarbonyl (C=S) groups is 1. The molecule has 0 aliphatic rings. The summed E-state index contributed by atoms with van der Waals surface area (Å²) < 4.78 is 0. The molecule has 0 unspecified atom stereocenters. The van der Waals surface area contributed by atoms with Crippen molar-refractivity contribution in [3.63, 3.8) is 0 Å². The van der Waals surface area contributed by atoms with Crippen LogP contribution in [0.2, 0.25) is 0 Å². The van der Waals surface area contributed by atoms with Crippen molar-refractivity contribution in [2.24, 2.45) is 10.8 Å². The predicted molar refractivity (Wildman–Crippen MR) is 61.7 cm³/mol. The highest BCUT2D eigenvalue weighted by atomic mass is 32.1. The van der Waals surface area contributed by atoms with Crippen molar-refractivity contribution in [1.82, 2.24) is 5.43 Å². The molecule has 0 amide bonds. The largest absolute Gasteiger partial charge is 0.375 e. The van der Waals surface area contributed by atoms with Gasteiger partial charge in [-0.2, -0.15) is 5.10 Å². The van der Waals surface area contributed by atoms with Crippen LogP contribution in [0.4, 0.5) is 0 Å². The van der Waals surface area contributed by atoms with Gasteiger partial charge in [0, 0.05) is 5.71 Å². The summed E-state index contributed by atoms with van der Waals surface area (Å²) in [5, 5.41) is 4.20. The molecule has 0 fully saturated rings. The van der Waals surface area contributed by atoms with Gasteiger partial charge in [-0.25, -0.2) is 0 Å². The van der Waals surface area contributed by atoms with E-state index in [2.05, 4.69) is 42.7 Å². The maximum atomic E-state index is 5.22. The zero-order valence-corrected chi connectivity index (χ0v) is 9.24. The molecule has 0 aliphatic heterocycles. The quantitative estimate of drug-likeness (QED) is 0.315. The van der Waals surface area contributed by atoms with Crippen LogP contribution in [0.25, 0.3) is 0 Å². The number of hydrogen-bond donors (Lipinski definition) is 2. The molecule has 0 heterocycles. The summed E-state index contributed by atoms with van der Waals surface area (Å²) in [5.74, 6) is 0. The third kappa shape index (κ3) is 9.01. The first-order chi connectivity index (χ1) is 6.02. The Hall–Kier alpha value is -0.900. The van der Waals surface area contributed by atoms with Gasteiger partial charge in [-0.05, 0) is 45.8 Å². The highest BCUT2D eigenvalue weighted by Gasteiger charge is 1.90. The van der Waals surface area contributed by atoms with E-state index in [1.165, 1.54) is 5.57 Å². The van der Waals surface area contributed by atoms with Crippen LogP contribution in [-0.2, 0) is 0 Å². The van der Waals surface area contributed by atoms with E-state index in [0.29, 0.717) is 0 Å². The van der Waals surface area contributed by atoms with Gasteiger partial charge in [0.2, 0.25) is 0 Å². The van der Waals surface area contributed by atoms with Crippen LogP contribution in [0.15, 0.2) is 16.8 Å². The average Bonchev–Trinajstić information content (AvgIpc) is 2.00. The van der Waals surface area contributed by atoms with Crippen LogP contribution >= 0.6 is 12.2 Å². The molecule has 0 radical (unpaired) electrons. The molecule has 13 heavy (non-hydrogen) atoms. The smallest absolute Gasteiger partial charge is 0.184 e. The summed E-state index contributed by atoms with van der Waals surface area (Å²) in [6.45, 7) is 6.11. The van der Waals surface area contributed by atoms with Gasteiger partial charge in [0.25, 0.3) is 0 Å². The van der Waals surface area contributed by atoms with Gasteiger partial charge in [0.1, 0.15) is 0 Å². The highest BCUT2D eigenvalue weighted by molar-refractivity contribution is 7.80. The maximum absolute atomic E-state index is 5.22. The van der Waals surface area contributed by atoms with Crippen LogP contribution in [0, 0.1) is 0 Å². The fourth-order valence-corrected chi connectivity index (χ4v) is 0.822. The zero-order chi connectivity index (χ0) is 10.3. The number of nitrogens with two attached hydrogens (primary N) is 1. The number of nitrogens with one attached hydrogen (secondary N) is 1. The Kier molecular flexibility index (Phi) is 6.14. The average molecular weight is 199 g/mol. The Balaban J connectivity index is 3.73. The van der Waals surface area contributed by atoms with Crippen molar-refractivity contribution in [2.75, 3.05) is 0 Å². The van der Waals surface area contributed by atoms with E-state index in [9.17, 15) is 0 Å². The summed E-state index contributed by atoms with van der Waals surface area (Å²) in [7, 11) is 0. The van der Waals surface area contributed by atoms with Gasteiger partial charge < -0.3 is 5.73 Å². The number of hydrazone groups is 1. The zero-order valence-electron chi connectivity index (χ0n) is 8.42. The number of allylic oxidation sites excluding steroid dienone is 2. The fourth-order valence-electron chi connectivity index (χ4n) is 0.776. The molecule has 0 atom stereocenters. The minimum absolute atomic E-state index is 0.210. The van der Waals surface area contributed by atoms with Crippen LogP contribution in [0.3, 0.4) is 0 Å². The van der Waals surface area contributed by atoms with Crippen LogP contribution in [0.1, 0.15) is 33.6 Å². The molecular weight excluding hydrogens is 182 g/mol. The molecule has 0 aromatic heterocycles. The lowest BCUT2D eigenvalue weighted by atomic mass is 10.2. The Morgan fingerprint density at radius 1 is 1.46 bits per heavy atom. The standard InChI is InChI=1S/C9H17N3S/c1-7(2)5-4-6-8(3)11-12-9(10)13/h5H,4,6H2,1-3H3,(H3,10,12,13)/b11-8+. The second-order valence-corrected chi connectivity index (χ2v) is 3.58. The summed E-state index contributed by atoms with van der Waals surface area (Å²) in [6, 6.07) is 0. The number of rotatable bonds is 4. The second-order valence-electron chi connectivity index (χ2n) is 3.14. The Morgan fingerprint density at radius 3 is 2.54 bits per heavy atom. The molecule has 3 nitrogen and oxygen atoms in total. The van der Waals surface area contributed by atoms with E-state index in [4.69, 9.17) is 5.73 Å². The molecule has 0 bridgehead atoms. The molecule has 0 aliphatic carbocycles. The molecule has 0 aromatic carbocycles. The van der Waals surface area contributed by atoms with Gasteiger partial charge in [-0.3, -0.25) is 5.43 Å². The third-order valence-electron chi connectivity index (χ3n) is 1.42. The SMILES string of the molecule is CC(C)=CCC/C(C)=N/NC(N)=S. The van der Waals surface area contributed by atoms with Crippen molar-refractivity contribution in [3.05, 3.63) is 11.6 Å². The summed E-state index contributed by atoms with van der Waals surface area (Å²) in [4.78, 5) is 0. The van der Waals surface area contributed by atoms with E-state index < -0.39 is 0 Å². The van der Waals surface area contributed by atoms with Crippen LogP contribution < -0.4 is 11.2 Å². The van der Waals surface area contributed by atoms with Crippen molar-refractivity contribution >= 4 is 23.0 Å². The summed E-state index contributed by atoms with van der Waals surface area (Å²) in [6.07, 6.45) is 4.12. The molecule has 4 heteroatoms. The summed E-state index contributed by atoms with van der Waals surface area (Å²) >= 11 is 4.62. The molecular formula is C9H17N3S. The van der Waals surface area contributed by atoms with Crippen LogP contribution in [-0.4, -0.2) is 10.8 Å². The molecule has 0 saturated heterocycles. The third-order valence-corrected chi connectivity index (χ3v) is 1.51. The fraction of sp³-hybridized carbons (Fsp3) is 0.556. The molecule has 0 aromatic rings. The summed E-state index contributed by atoms with van der Waals surface area (Å²) in [5.41, 5.74) is 10.1. The number of hydrogen-bond acceptors (Lipinski definition) is 2. The first kappa shape index (κ1) is 12.1. The van der Waals surface area contributed by atoms with Crippen LogP contribution in [0.5, 0.6) is 0 Å². The van der Waals surface area contributed by atoms with Gasteiger partial charge in [0.15, 0.2) is 5.11 Å². The Labute approximate surface area is 85.1 Å². The molecule has 0 spiro atoms. The maximum Gasteiger partial charge on any atom is 0.184 e. The van der Waals surface area contributed by atoms with E-state index >= 15 is 0 Å². The number of nitrogens with zero attached hydrogens (tertiary/aromatic N) is 1. The monoisotopic (exact) mass is 199 g/mol. The second kappa shape index (κ2) is 6.60. The minimum Gasteiger partial charge on any atom is -0.375 e. The van der Waals surface area contributed by atoms with Gasteiger partial charge >= 0.3 is 0 Å². The lowest BCUT2D eigenvalue weighted by Gasteiger charge is -1.99. The van der Waals surface area contributed by atoms with Crippen molar-refractivity contribution in [3.8, 4) is 0 Å². The highest BCUT2D eigenvalue weighted by Crippen LogP contribution is 1.98. The topological polar surface area (TPSA) is 50.4 Å². The predicted octanol–water partition coefficient (Wildman–Crippen LogP) is 1.94. The minimum atomic E-state index is 0.210. The lowest BCUT2D eigenvalue weighted by Crippen LogP contribution is -2.25. The molecule has 0 saturated carbocycles. The molecule has 3 N–H and O–H groups in total. The lowest BCUT2D eigenvalue weighted by molar-refractivity contribution is 0.981. The van der Waals surface area contributed by atoms with Gasteiger partial charge in [-0.1, -0.05) is 11.6 Å². The van der Waals surface area contributed by atoms with E-state index in [-0.39, 0.29) is 5.11 Å². The Bertz CT molecular complexity index is 227. The van der Waals surface area contributed by atoms with Crippen molar-refractivity contribution in [1.29, 1.82) is 0 Å². The van der Waals surface area contributed by atoms with E-state index in [0.717, 1.165) is 18.6 Å². The van der Waals surface area contributed by atoms with Crippen molar-refractivity contribution < 1.29 is 0 Å². The van der Waals surface area contributed by atoms with Crippen molar-refractivity contribution in [2.45, 2.75) is 33.6 Å². The first-order valence-electron chi connectivity index (χ1n) is 4.24.